The summed E-state index contributed by atoms with van der Waals surface area (Å²) < 4.78 is 39.9. The van der Waals surface area contributed by atoms with E-state index in [1.165, 1.54) is 28.7 Å². The van der Waals surface area contributed by atoms with Gasteiger partial charge in [-0.3, -0.25) is 4.98 Å². The van der Waals surface area contributed by atoms with Crippen molar-refractivity contribution < 1.29 is 12.8 Å². The molecular weight excluding hydrogens is 403 g/mol. The Hall–Kier alpha value is -2.29. The molecular formula is C19H20ClFN4O2S. The fraction of sp³-hybridized carbons (Fsp3) is 0.263. The van der Waals surface area contributed by atoms with Gasteiger partial charge in [0.2, 0.25) is 10.0 Å². The zero-order valence-corrected chi connectivity index (χ0v) is 17.1. The van der Waals surface area contributed by atoms with E-state index in [-0.39, 0.29) is 9.92 Å². The molecule has 0 saturated heterocycles. The molecule has 1 N–H and O–H groups in total. The van der Waals surface area contributed by atoms with Crippen molar-refractivity contribution in [3.8, 4) is 0 Å². The smallest absolute Gasteiger partial charge is 0.243 e. The highest BCUT2D eigenvalue weighted by Crippen LogP contribution is 2.21. The third-order valence-corrected chi connectivity index (χ3v) is 6.65. The molecule has 0 spiro atoms. The molecule has 3 aromatic rings. The first-order chi connectivity index (χ1) is 13.3. The van der Waals surface area contributed by atoms with Crippen LogP contribution in [0.25, 0.3) is 11.0 Å². The maximum Gasteiger partial charge on any atom is 0.243 e. The van der Waals surface area contributed by atoms with Crippen LogP contribution in [0.4, 0.5) is 10.2 Å². The molecule has 6 nitrogen and oxygen atoms in total. The number of nitrogens with zero attached hydrogens (tertiary/aromatic N) is 3. The van der Waals surface area contributed by atoms with E-state index in [2.05, 4.69) is 15.3 Å². The van der Waals surface area contributed by atoms with E-state index in [4.69, 9.17) is 11.6 Å². The summed E-state index contributed by atoms with van der Waals surface area (Å²) in [4.78, 5) is 8.96. The Morgan fingerprint density at radius 2 is 1.86 bits per heavy atom. The van der Waals surface area contributed by atoms with Crippen LogP contribution in [0.5, 0.6) is 0 Å². The number of anilines is 1. The number of benzene rings is 2. The minimum atomic E-state index is -3.55. The first kappa shape index (κ1) is 20.4. The molecule has 0 saturated carbocycles. The quantitative estimate of drug-likeness (QED) is 0.621. The maximum absolute atomic E-state index is 13.2. The second kappa shape index (κ2) is 8.38. The van der Waals surface area contributed by atoms with Crippen LogP contribution in [0.1, 0.15) is 19.4 Å². The highest BCUT2D eigenvalue weighted by Gasteiger charge is 2.22. The summed E-state index contributed by atoms with van der Waals surface area (Å²) in [5, 5.41) is 3.16. The Morgan fingerprint density at radius 3 is 2.54 bits per heavy atom. The van der Waals surface area contributed by atoms with E-state index in [1.54, 1.807) is 32.0 Å². The largest absolute Gasteiger partial charge is 0.365 e. The van der Waals surface area contributed by atoms with Crippen molar-refractivity contribution in [3.63, 3.8) is 0 Å². The minimum Gasteiger partial charge on any atom is -0.365 e. The molecule has 0 bridgehead atoms. The maximum atomic E-state index is 13.2. The molecule has 0 amide bonds. The zero-order chi connectivity index (χ0) is 20.3. The summed E-state index contributed by atoms with van der Waals surface area (Å²) in [7, 11) is -3.55. The highest BCUT2D eigenvalue weighted by molar-refractivity contribution is 7.89. The number of nitrogens with one attached hydrogen (secondary N) is 1. The van der Waals surface area contributed by atoms with Gasteiger partial charge in [0.25, 0.3) is 0 Å². The number of fused-ring (bicyclic) bond motifs is 1. The molecule has 0 radical (unpaired) electrons. The Labute approximate surface area is 168 Å². The van der Waals surface area contributed by atoms with E-state index in [1.807, 2.05) is 0 Å². The number of halogens is 2. The van der Waals surface area contributed by atoms with Crippen molar-refractivity contribution in [2.75, 3.05) is 18.4 Å². The summed E-state index contributed by atoms with van der Waals surface area (Å²) >= 11 is 5.79. The van der Waals surface area contributed by atoms with Crippen LogP contribution in [-0.2, 0) is 16.6 Å². The van der Waals surface area contributed by atoms with Crippen LogP contribution in [0.15, 0.2) is 47.5 Å². The van der Waals surface area contributed by atoms with Gasteiger partial charge in [0.15, 0.2) is 0 Å². The van der Waals surface area contributed by atoms with Gasteiger partial charge in [-0.25, -0.2) is 17.8 Å². The average Bonchev–Trinajstić information content (AvgIpc) is 2.69. The van der Waals surface area contributed by atoms with Gasteiger partial charge in [-0.2, -0.15) is 4.31 Å². The SMILES string of the molecule is CCN(CC)S(=O)(=O)c1ccc2nc(NCc3ccc(F)c(Cl)c3)cnc2c1. The normalized spacial score (nSPS) is 11.9. The predicted molar refractivity (Wildman–Crippen MR) is 108 cm³/mol. The van der Waals surface area contributed by atoms with Gasteiger partial charge in [0, 0.05) is 19.6 Å². The standard InChI is InChI=1S/C19H20ClFN4O2S/c1-3-25(4-2)28(26,27)14-6-8-17-18(10-14)22-12-19(24-17)23-11-13-5-7-16(21)15(20)9-13/h5-10,12H,3-4,11H2,1-2H3,(H,23,24). The molecule has 0 aliphatic heterocycles. The summed E-state index contributed by atoms with van der Waals surface area (Å²) in [5.41, 5.74) is 1.86. The first-order valence-corrected chi connectivity index (χ1v) is 10.6. The molecule has 0 aliphatic rings. The molecule has 3 rings (SSSR count). The lowest BCUT2D eigenvalue weighted by Gasteiger charge is -2.18. The van der Waals surface area contributed by atoms with Gasteiger partial charge in [0.1, 0.15) is 11.6 Å². The van der Waals surface area contributed by atoms with Crippen molar-refractivity contribution in [3.05, 3.63) is 59.0 Å². The molecule has 0 fully saturated rings. The molecule has 28 heavy (non-hydrogen) atoms. The van der Waals surface area contributed by atoms with Crippen molar-refractivity contribution >= 4 is 38.5 Å². The molecule has 0 unspecified atom stereocenters. The lowest BCUT2D eigenvalue weighted by Crippen LogP contribution is -2.30. The zero-order valence-electron chi connectivity index (χ0n) is 15.5. The molecule has 148 valence electrons. The monoisotopic (exact) mass is 422 g/mol. The van der Waals surface area contributed by atoms with Gasteiger partial charge in [-0.05, 0) is 35.9 Å². The molecule has 1 heterocycles. The lowest BCUT2D eigenvalue weighted by atomic mass is 10.2. The lowest BCUT2D eigenvalue weighted by molar-refractivity contribution is 0.445. The van der Waals surface area contributed by atoms with Crippen LogP contribution >= 0.6 is 11.6 Å². The Balaban J connectivity index is 1.82. The van der Waals surface area contributed by atoms with Crippen LogP contribution < -0.4 is 5.32 Å². The van der Waals surface area contributed by atoms with Crippen LogP contribution in [-0.4, -0.2) is 35.8 Å². The summed E-state index contributed by atoms with van der Waals surface area (Å²) in [5.74, 6) is 0.0543. The molecule has 2 aromatic carbocycles. The first-order valence-electron chi connectivity index (χ1n) is 8.80. The fourth-order valence-electron chi connectivity index (χ4n) is 2.79. The van der Waals surface area contributed by atoms with Gasteiger partial charge in [0.05, 0.1) is 27.1 Å². The van der Waals surface area contributed by atoms with Crippen molar-refractivity contribution in [1.29, 1.82) is 0 Å². The number of sulfonamides is 1. The van der Waals surface area contributed by atoms with E-state index in [9.17, 15) is 12.8 Å². The Kier molecular flexibility index (Phi) is 6.12. The van der Waals surface area contributed by atoms with Gasteiger partial charge in [-0.1, -0.05) is 31.5 Å². The Morgan fingerprint density at radius 1 is 1.11 bits per heavy atom. The van der Waals surface area contributed by atoms with E-state index >= 15 is 0 Å². The molecule has 9 heteroatoms. The van der Waals surface area contributed by atoms with Crippen LogP contribution in [0, 0.1) is 5.82 Å². The van der Waals surface area contributed by atoms with E-state index in [0.29, 0.717) is 36.5 Å². The second-order valence-electron chi connectivity index (χ2n) is 6.10. The van der Waals surface area contributed by atoms with Crippen molar-refractivity contribution in [1.82, 2.24) is 14.3 Å². The topological polar surface area (TPSA) is 75.2 Å². The molecule has 0 aliphatic carbocycles. The third-order valence-electron chi connectivity index (χ3n) is 4.31. The fourth-order valence-corrected chi connectivity index (χ4v) is 4.47. The summed E-state index contributed by atoms with van der Waals surface area (Å²) in [6, 6.07) is 9.19. The van der Waals surface area contributed by atoms with Gasteiger partial charge >= 0.3 is 0 Å². The van der Waals surface area contributed by atoms with Crippen molar-refractivity contribution in [2.45, 2.75) is 25.3 Å². The average molecular weight is 423 g/mol. The second-order valence-corrected chi connectivity index (χ2v) is 8.44. The van der Waals surface area contributed by atoms with Gasteiger partial charge < -0.3 is 5.32 Å². The summed E-state index contributed by atoms with van der Waals surface area (Å²) in [6.07, 6.45) is 1.53. The van der Waals surface area contributed by atoms with E-state index in [0.717, 1.165) is 5.56 Å². The molecule has 0 atom stereocenters. The van der Waals surface area contributed by atoms with Crippen LogP contribution in [0.2, 0.25) is 5.02 Å². The summed E-state index contributed by atoms with van der Waals surface area (Å²) in [6.45, 7) is 4.80. The number of hydrogen-bond donors (Lipinski definition) is 1. The molecule has 1 aromatic heterocycles. The predicted octanol–water partition coefficient (Wildman–Crippen LogP) is 4.06. The number of hydrogen-bond acceptors (Lipinski definition) is 5. The van der Waals surface area contributed by atoms with Gasteiger partial charge in [-0.15, -0.1) is 0 Å². The van der Waals surface area contributed by atoms with Crippen molar-refractivity contribution in [2.24, 2.45) is 0 Å². The Bertz CT molecular complexity index is 1100. The highest BCUT2D eigenvalue weighted by atomic mass is 35.5. The van der Waals surface area contributed by atoms with E-state index < -0.39 is 15.8 Å². The number of rotatable bonds is 7. The number of aromatic nitrogens is 2. The third kappa shape index (κ3) is 4.24. The minimum absolute atomic E-state index is 0.0610. The van der Waals surface area contributed by atoms with Crippen LogP contribution in [0.3, 0.4) is 0 Å².